The third kappa shape index (κ3) is 5.05. The van der Waals surface area contributed by atoms with Gasteiger partial charge in [-0.25, -0.2) is 23.6 Å². The molecule has 8 heteroatoms. The topological polar surface area (TPSA) is 29.5 Å². The van der Waals surface area contributed by atoms with Crippen LogP contribution in [0.4, 0.5) is 17.6 Å². The van der Waals surface area contributed by atoms with E-state index in [4.69, 9.17) is 11.2 Å². The van der Waals surface area contributed by atoms with Crippen molar-refractivity contribution >= 4 is 11.6 Å². The molecule has 0 aromatic heterocycles. The summed E-state index contributed by atoms with van der Waals surface area (Å²) in [6, 6.07) is 1.76. The van der Waals surface area contributed by atoms with Crippen LogP contribution in [-0.4, -0.2) is 30.4 Å². The van der Waals surface area contributed by atoms with Crippen molar-refractivity contribution in [3.8, 4) is 18.1 Å². The first-order valence-electron chi connectivity index (χ1n) is 7.11. The summed E-state index contributed by atoms with van der Waals surface area (Å²) < 4.78 is 59.0. The zero-order valence-electron chi connectivity index (χ0n) is 13.4. The van der Waals surface area contributed by atoms with Gasteiger partial charge < -0.3 is 9.64 Å². The van der Waals surface area contributed by atoms with E-state index in [9.17, 15) is 22.4 Å². The zero-order chi connectivity index (χ0) is 17.9. The van der Waals surface area contributed by atoms with Crippen molar-refractivity contribution in [2.24, 2.45) is 5.92 Å². The van der Waals surface area contributed by atoms with E-state index in [0.29, 0.717) is 4.90 Å². The van der Waals surface area contributed by atoms with Crippen molar-refractivity contribution < 1.29 is 59.8 Å². The molecule has 1 atom stereocenters. The predicted molar refractivity (Wildman–Crippen MR) is 78.8 cm³/mol. The summed E-state index contributed by atoms with van der Waals surface area (Å²) in [4.78, 5) is 12.8. The summed E-state index contributed by atoms with van der Waals surface area (Å²) in [5.74, 6) is -1.30. The minimum absolute atomic E-state index is 0. The number of benzene rings is 1. The predicted octanol–water partition coefficient (Wildman–Crippen LogP) is 3.25. The first kappa shape index (κ1) is 21.7. The molecule has 0 saturated heterocycles. The first-order chi connectivity index (χ1) is 11.3. The third-order valence-corrected chi connectivity index (χ3v) is 3.43. The fraction of sp³-hybridized carbons (Fsp3) is 0.353. The average molecular weight is 429 g/mol. The van der Waals surface area contributed by atoms with Crippen molar-refractivity contribution in [1.82, 2.24) is 4.90 Å². The summed E-state index contributed by atoms with van der Waals surface area (Å²) >= 11 is 0. The molecular weight excluding hydrogens is 415 g/mol. The van der Waals surface area contributed by atoms with Crippen molar-refractivity contribution in [1.29, 1.82) is 0 Å². The van der Waals surface area contributed by atoms with Crippen LogP contribution < -0.4 is 4.74 Å². The number of rotatable bonds is 5. The Morgan fingerprint density at radius 2 is 2.00 bits per heavy atom. The summed E-state index contributed by atoms with van der Waals surface area (Å²) in [5.41, 5.74) is -0.916. The van der Waals surface area contributed by atoms with Crippen LogP contribution in [0, 0.1) is 36.0 Å². The van der Waals surface area contributed by atoms with Crippen LogP contribution in [0.5, 0.6) is 5.75 Å². The molecule has 25 heavy (non-hydrogen) atoms. The van der Waals surface area contributed by atoms with Gasteiger partial charge in [-0.1, -0.05) is 24.8 Å². The number of allylic oxidation sites excluding steroid dienone is 1. The normalized spacial score (nSPS) is 17.0. The molecule has 1 aliphatic rings. The van der Waals surface area contributed by atoms with E-state index >= 15 is 0 Å². The number of alkyl halides is 2. The third-order valence-electron chi connectivity index (χ3n) is 3.43. The van der Waals surface area contributed by atoms with Gasteiger partial charge in [0.25, 0.3) is 6.43 Å². The molecular formula is C17H14F4NO2Y-. The van der Waals surface area contributed by atoms with Crippen LogP contribution in [-0.2, 0) is 37.5 Å². The Morgan fingerprint density at radius 1 is 1.40 bits per heavy atom. The fourth-order valence-corrected chi connectivity index (χ4v) is 2.34. The molecule has 0 aliphatic carbocycles. The van der Waals surface area contributed by atoms with Crippen LogP contribution in [0.1, 0.15) is 18.9 Å². The molecule has 0 bridgehead atoms. The Hall–Kier alpha value is -1.39. The number of nitrogens with zero attached hydrogens (tertiary/aromatic N) is 1. The second-order valence-corrected chi connectivity index (χ2v) is 5.23. The van der Waals surface area contributed by atoms with Gasteiger partial charge in [0.05, 0.1) is 18.2 Å². The van der Waals surface area contributed by atoms with Crippen molar-refractivity contribution in [3.05, 3.63) is 35.4 Å². The standard InChI is InChI=1S/C17H14F4NO2.Y/c1-3-6-24-11-7-12(18)16(13(19)8-11)14-5-4-10(2)17(23)22(14)9-15(20)21;/h1,7-8,10,15H,4,6,9H2,2H3;/q-1;. The largest absolute Gasteiger partial charge is 0.481 e. The van der Waals surface area contributed by atoms with Gasteiger partial charge in [0, 0.05) is 38.6 Å². The molecule has 1 radical (unpaired) electrons. The van der Waals surface area contributed by atoms with Crippen LogP contribution >= 0.6 is 0 Å². The van der Waals surface area contributed by atoms with E-state index < -0.39 is 42.0 Å². The summed E-state index contributed by atoms with van der Waals surface area (Å²) in [6.07, 6.45) is 4.89. The van der Waals surface area contributed by atoms with E-state index in [0.717, 1.165) is 12.1 Å². The Labute approximate surface area is 168 Å². The van der Waals surface area contributed by atoms with Crippen molar-refractivity contribution in [2.75, 3.05) is 13.2 Å². The molecule has 0 N–H and O–H groups in total. The molecule has 0 saturated carbocycles. The van der Waals surface area contributed by atoms with Crippen LogP contribution in [0.3, 0.4) is 0 Å². The number of carbonyl (C=O) groups is 1. The van der Waals surface area contributed by atoms with Gasteiger partial charge in [-0.3, -0.25) is 4.79 Å². The number of amides is 1. The molecule has 1 amide bonds. The maximum atomic E-state index is 14.3. The molecule has 1 aliphatic heterocycles. The molecule has 2 rings (SSSR count). The number of ether oxygens (including phenoxy) is 1. The minimum atomic E-state index is -2.85. The number of carbonyl (C=O) groups excluding carboxylic acids is 1. The van der Waals surface area contributed by atoms with Gasteiger partial charge in [-0.05, 0) is 12.1 Å². The number of hydrogen-bond donors (Lipinski definition) is 0. The summed E-state index contributed by atoms with van der Waals surface area (Å²) in [5, 5.41) is 0. The van der Waals surface area contributed by atoms with E-state index in [-0.39, 0.29) is 57.2 Å². The number of hydrogen-bond acceptors (Lipinski definition) is 2. The monoisotopic (exact) mass is 429 g/mol. The second-order valence-electron chi connectivity index (χ2n) is 5.23. The Balaban J connectivity index is 0.00000312. The quantitative estimate of drug-likeness (QED) is 0.409. The zero-order valence-corrected chi connectivity index (χ0v) is 16.2. The van der Waals surface area contributed by atoms with Crippen LogP contribution in [0.2, 0.25) is 0 Å². The Bertz CT molecular complexity index is 692. The van der Waals surface area contributed by atoms with Gasteiger partial charge in [0.15, 0.2) is 0 Å². The van der Waals surface area contributed by atoms with Gasteiger partial charge in [0.1, 0.15) is 12.4 Å². The molecule has 1 aromatic rings. The summed E-state index contributed by atoms with van der Waals surface area (Å²) in [6.45, 7) is 0.397. The SMILES string of the molecule is C#CCOc1cc(F)c(C2=[C-]CC(C)C(=O)N2CC(F)F)c(F)c1.[Y]. The molecule has 0 fully saturated rings. The summed E-state index contributed by atoms with van der Waals surface area (Å²) in [7, 11) is 0. The van der Waals surface area contributed by atoms with E-state index in [2.05, 4.69) is 12.0 Å². The van der Waals surface area contributed by atoms with Crippen LogP contribution in [0.25, 0.3) is 5.70 Å². The molecule has 0 spiro atoms. The smallest absolute Gasteiger partial charge is 0.256 e. The molecule has 131 valence electrons. The van der Waals surface area contributed by atoms with E-state index in [1.54, 1.807) is 0 Å². The molecule has 1 aromatic carbocycles. The Kier molecular flexibility index (Phi) is 8.10. The van der Waals surface area contributed by atoms with Gasteiger partial charge in [-0.15, -0.1) is 12.1 Å². The van der Waals surface area contributed by atoms with Gasteiger partial charge >= 0.3 is 0 Å². The molecule has 3 nitrogen and oxygen atoms in total. The maximum absolute atomic E-state index is 14.3. The first-order valence-corrected chi connectivity index (χ1v) is 7.11. The number of terminal acetylenes is 1. The maximum Gasteiger partial charge on any atom is 0.256 e. The van der Waals surface area contributed by atoms with Crippen LogP contribution in [0.15, 0.2) is 12.1 Å². The second kappa shape index (κ2) is 9.35. The van der Waals surface area contributed by atoms with Gasteiger partial charge in [-0.2, -0.15) is 0 Å². The van der Waals surface area contributed by atoms with Crippen molar-refractivity contribution in [3.63, 3.8) is 0 Å². The molecule has 1 unspecified atom stereocenters. The average Bonchev–Trinajstić information content (AvgIpc) is 2.51. The fourth-order valence-electron chi connectivity index (χ4n) is 2.34. The van der Waals surface area contributed by atoms with E-state index in [1.165, 1.54) is 6.92 Å². The number of halogens is 4. The molecule has 1 heterocycles. The van der Waals surface area contributed by atoms with Gasteiger partial charge in [0.2, 0.25) is 5.91 Å². The van der Waals surface area contributed by atoms with Crippen molar-refractivity contribution in [2.45, 2.75) is 19.8 Å². The Morgan fingerprint density at radius 3 is 2.52 bits per heavy atom. The van der Waals surface area contributed by atoms with E-state index in [1.807, 2.05) is 0 Å². The minimum Gasteiger partial charge on any atom is -0.481 e.